The van der Waals surface area contributed by atoms with E-state index in [1.165, 1.54) is 50.1 Å². The number of aromatic nitrogens is 1. The lowest BCUT2D eigenvalue weighted by Gasteiger charge is -2.49. The fourth-order valence-corrected chi connectivity index (χ4v) is 3.95. The Labute approximate surface area is 119 Å². The van der Waals surface area contributed by atoms with Crippen LogP contribution in [0.15, 0.2) is 11.7 Å². The van der Waals surface area contributed by atoms with Crippen molar-refractivity contribution in [1.29, 1.82) is 0 Å². The van der Waals surface area contributed by atoms with Crippen molar-refractivity contribution < 1.29 is 0 Å². The van der Waals surface area contributed by atoms with Crippen molar-refractivity contribution in [3.05, 3.63) is 16.6 Å². The average molecular weight is 288 g/mol. The maximum absolute atomic E-state index is 4.20. The van der Waals surface area contributed by atoms with Gasteiger partial charge in [-0.15, -0.1) is 23.7 Å². The molecular weight excluding hydrogens is 266 g/mol. The maximum atomic E-state index is 4.20. The molecule has 2 fully saturated rings. The molecule has 2 aliphatic rings. The first kappa shape index (κ1) is 14.3. The molecule has 0 atom stereocenters. The summed E-state index contributed by atoms with van der Waals surface area (Å²) in [7, 11) is 0. The molecule has 0 amide bonds. The third kappa shape index (κ3) is 2.87. The van der Waals surface area contributed by atoms with Gasteiger partial charge in [0.15, 0.2) is 0 Å². The zero-order chi connectivity index (χ0) is 11.6. The lowest BCUT2D eigenvalue weighted by Crippen LogP contribution is -2.61. The molecule has 3 nitrogen and oxygen atoms in total. The molecule has 0 aromatic carbocycles. The molecule has 1 aromatic rings. The number of thiazole rings is 1. The Hall–Kier alpha value is -0.160. The highest BCUT2D eigenvalue weighted by molar-refractivity contribution is 7.09. The van der Waals surface area contributed by atoms with E-state index >= 15 is 0 Å². The Morgan fingerprint density at radius 1 is 1.33 bits per heavy atom. The number of hydrogen-bond acceptors (Lipinski definition) is 4. The molecule has 5 heteroatoms. The van der Waals surface area contributed by atoms with Crippen molar-refractivity contribution in [2.75, 3.05) is 19.6 Å². The molecule has 1 aliphatic heterocycles. The van der Waals surface area contributed by atoms with E-state index in [1.807, 2.05) is 11.7 Å². The molecule has 1 saturated heterocycles. The molecule has 2 heterocycles. The monoisotopic (exact) mass is 287 g/mol. The fourth-order valence-electron chi connectivity index (χ4n) is 3.34. The third-order valence-electron chi connectivity index (χ3n) is 4.30. The van der Waals surface area contributed by atoms with Crippen LogP contribution in [0.25, 0.3) is 0 Å². The Kier molecular flexibility index (Phi) is 5.01. The number of hydrogen-bond donors (Lipinski definition) is 1. The topological polar surface area (TPSA) is 28.2 Å². The molecule has 0 bridgehead atoms. The molecular formula is C13H22ClN3S. The van der Waals surface area contributed by atoms with E-state index in [1.54, 1.807) is 11.3 Å². The van der Waals surface area contributed by atoms with Crippen molar-refractivity contribution in [2.24, 2.45) is 0 Å². The highest BCUT2D eigenvalue weighted by Gasteiger charge is 2.39. The molecule has 0 radical (unpaired) electrons. The van der Waals surface area contributed by atoms with Gasteiger partial charge in [-0.1, -0.05) is 19.3 Å². The van der Waals surface area contributed by atoms with Crippen LogP contribution in [0.5, 0.6) is 0 Å². The van der Waals surface area contributed by atoms with Crippen LogP contribution in [0.2, 0.25) is 0 Å². The van der Waals surface area contributed by atoms with Crippen LogP contribution in [0, 0.1) is 0 Å². The third-order valence-corrected chi connectivity index (χ3v) is 5.06. The first-order chi connectivity index (χ1) is 8.39. The van der Waals surface area contributed by atoms with Gasteiger partial charge in [-0.05, 0) is 12.8 Å². The minimum atomic E-state index is 0. The Morgan fingerprint density at radius 2 is 2.17 bits per heavy atom. The summed E-state index contributed by atoms with van der Waals surface area (Å²) >= 11 is 1.79. The number of halogens is 1. The van der Waals surface area contributed by atoms with Gasteiger partial charge in [0.1, 0.15) is 0 Å². The summed E-state index contributed by atoms with van der Waals surface area (Å²) in [6.45, 7) is 4.62. The van der Waals surface area contributed by atoms with E-state index in [2.05, 4.69) is 15.2 Å². The van der Waals surface area contributed by atoms with E-state index in [0.29, 0.717) is 5.54 Å². The van der Waals surface area contributed by atoms with Crippen LogP contribution >= 0.6 is 23.7 Å². The van der Waals surface area contributed by atoms with Crippen LogP contribution in [0.4, 0.5) is 0 Å². The summed E-state index contributed by atoms with van der Waals surface area (Å²) in [6, 6.07) is 0. The highest BCUT2D eigenvalue weighted by Crippen LogP contribution is 2.35. The maximum Gasteiger partial charge on any atom is 0.0794 e. The molecule has 18 heavy (non-hydrogen) atoms. The van der Waals surface area contributed by atoms with Gasteiger partial charge in [-0.25, -0.2) is 0 Å². The van der Waals surface area contributed by atoms with E-state index in [-0.39, 0.29) is 12.4 Å². The molecule has 3 rings (SSSR count). The van der Waals surface area contributed by atoms with Crippen LogP contribution in [-0.2, 0) is 6.54 Å². The highest BCUT2D eigenvalue weighted by atomic mass is 35.5. The van der Waals surface area contributed by atoms with Gasteiger partial charge in [0.25, 0.3) is 0 Å². The number of piperazine rings is 1. The SMILES string of the molecule is Cl.c1ncc(CN2CCNCC23CCCCC3)s1. The summed E-state index contributed by atoms with van der Waals surface area (Å²) in [5.74, 6) is 0. The summed E-state index contributed by atoms with van der Waals surface area (Å²) < 4.78 is 0. The second kappa shape index (κ2) is 6.33. The predicted molar refractivity (Wildman–Crippen MR) is 78.5 cm³/mol. The molecule has 1 N–H and O–H groups in total. The van der Waals surface area contributed by atoms with Crippen LogP contribution < -0.4 is 5.32 Å². The Bertz CT molecular complexity index is 341. The standard InChI is InChI=1S/C13H21N3S.ClH/c1-2-4-13(5-3-1)10-14-6-7-16(13)9-12-8-15-11-17-12;/h8,11,14H,1-7,9-10H2;1H. The van der Waals surface area contributed by atoms with E-state index in [9.17, 15) is 0 Å². The Morgan fingerprint density at radius 3 is 2.89 bits per heavy atom. The van der Waals surface area contributed by atoms with Gasteiger partial charge in [0.05, 0.1) is 5.51 Å². The van der Waals surface area contributed by atoms with Gasteiger partial charge in [-0.2, -0.15) is 0 Å². The average Bonchev–Trinajstić information content (AvgIpc) is 2.86. The smallest absolute Gasteiger partial charge is 0.0794 e. The quantitative estimate of drug-likeness (QED) is 0.906. The zero-order valence-corrected chi connectivity index (χ0v) is 12.4. The van der Waals surface area contributed by atoms with Crippen molar-refractivity contribution in [3.63, 3.8) is 0 Å². The van der Waals surface area contributed by atoms with Crippen LogP contribution in [0.3, 0.4) is 0 Å². The zero-order valence-electron chi connectivity index (χ0n) is 10.7. The molecule has 1 aromatic heterocycles. The summed E-state index contributed by atoms with van der Waals surface area (Å²) in [6.07, 6.45) is 9.01. The number of rotatable bonds is 2. The van der Waals surface area contributed by atoms with Gasteiger partial charge in [0.2, 0.25) is 0 Å². The minimum absolute atomic E-state index is 0. The van der Waals surface area contributed by atoms with Gasteiger partial charge in [0, 0.05) is 42.8 Å². The predicted octanol–water partition coefficient (Wildman–Crippen LogP) is 2.67. The molecule has 1 aliphatic carbocycles. The largest absolute Gasteiger partial charge is 0.314 e. The van der Waals surface area contributed by atoms with E-state index < -0.39 is 0 Å². The summed E-state index contributed by atoms with van der Waals surface area (Å²) in [4.78, 5) is 8.33. The number of nitrogens with zero attached hydrogens (tertiary/aromatic N) is 2. The molecule has 102 valence electrons. The van der Waals surface area contributed by atoms with Gasteiger partial charge < -0.3 is 5.32 Å². The van der Waals surface area contributed by atoms with Crippen molar-refractivity contribution in [3.8, 4) is 0 Å². The first-order valence-corrected chi connectivity index (χ1v) is 7.60. The van der Waals surface area contributed by atoms with Gasteiger partial charge in [-0.3, -0.25) is 9.88 Å². The summed E-state index contributed by atoms with van der Waals surface area (Å²) in [5.41, 5.74) is 2.39. The second-order valence-electron chi connectivity index (χ2n) is 5.35. The van der Waals surface area contributed by atoms with E-state index in [4.69, 9.17) is 0 Å². The minimum Gasteiger partial charge on any atom is -0.314 e. The van der Waals surface area contributed by atoms with Crippen molar-refractivity contribution >= 4 is 23.7 Å². The number of nitrogens with one attached hydrogen (secondary N) is 1. The van der Waals surface area contributed by atoms with Crippen molar-refractivity contribution in [1.82, 2.24) is 15.2 Å². The van der Waals surface area contributed by atoms with Crippen LogP contribution in [-0.4, -0.2) is 35.1 Å². The van der Waals surface area contributed by atoms with Crippen molar-refractivity contribution in [2.45, 2.75) is 44.2 Å². The van der Waals surface area contributed by atoms with E-state index in [0.717, 1.165) is 13.1 Å². The first-order valence-electron chi connectivity index (χ1n) is 6.72. The molecule has 1 saturated carbocycles. The lowest BCUT2D eigenvalue weighted by molar-refractivity contribution is 0.0216. The molecule has 1 spiro atoms. The normalized spacial score (nSPS) is 23.8. The lowest BCUT2D eigenvalue weighted by atomic mass is 9.79. The molecule has 0 unspecified atom stereocenters. The van der Waals surface area contributed by atoms with Gasteiger partial charge >= 0.3 is 0 Å². The Balaban J connectivity index is 0.00000120. The fraction of sp³-hybridized carbons (Fsp3) is 0.769. The van der Waals surface area contributed by atoms with Crippen LogP contribution in [0.1, 0.15) is 37.0 Å². The second-order valence-corrected chi connectivity index (χ2v) is 6.32. The summed E-state index contributed by atoms with van der Waals surface area (Å²) in [5, 5.41) is 3.60.